The molecule has 0 fully saturated rings. The number of carbonyl (C=O) groups is 1. The molecule has 3 rings (SSSR count). The van der Waals surface area contributed by atoms with Gasteiger partial charge in [0.2, 0.25) is 0 Å². The third-order valence-corrected chi connectivity index (χ3v) is 3.80. The van der Waals surface area contributed by atoms with Crippen LogP contribution in [0.3, 0.4) is 0 Å². The largest absolute Gasteiger partial charge is 0.294 e. The summed E-state index contributed by atoms with van der Waals surface area (Å²) < 4.78 is 1.53. The Labute approximate surface area is 122 Å². The van der Waals surface area contributed by atoms with E-state index in [-0.39, 0.29) is 16.9 Å². The van der Waals surface area contributed by atoms with E-state index in [0.717, 1.165) is 17.7 Å². The van der Waals surface area contributed by atoms with E-state index in [2.05, 4.69) is 0 Å². The van der Waals surface area contributed by atoms with Crippen LogP contribution in [0, 0.1) is 18.3 Å². The number of aromatic nitrogens is 1. The van der Waals surface area contributed by atoms with Gasteiger partial charge in [0.25, 0.3) is 5.56 Å². The molecule has 1 aliphatic carbocycles. The Morgan fingerprint density at radius 2 is 2.00 bits per heavy atom. The van der Waals surface area contributed by atoms with E-state index in [1.54, 1.807) is 0 Å². The average Bonchev–Trinajstić information content (AvgIpc) is 2.47. The van der Waals surface area contributed by atoms with Gasteiger partial charge in [-0.15, -0.1) is 0 Å². The molecule has 0 unspecified atom stereocenters. The smallest absolute Gasteiger partial charge is 0.273 e. The summed E-state index contributed by atoms with van der Waals surface area (Å²) in [5.74, 6) is 0.00848. The van der Waals surface area contributed by atoms with Crippen LogP contribution in [0.5, 0.6) is 0 Å². The minimum Gasteiger partial charge on any atom is -0.294 e. The molecule has 0 amide bonds. The summed E-state index contributed by atoms with van der Waals surface area (Å²) in [5.41, 5.74) is 2.64. The zero-order chi connectivity index (χ0) is 15.0. The number of carbonyl (C=O) groups excluding carboxylic acids is 1. The van der Waals surface area contributed by atoms with Gasteiger partial charge >= 0.3 is 0 Å². The minimum absolute atomic E-state index is 0.00848. The zero-order valence-corrected chi connectivity index (χ0v) is 11.7. The standard InChI is InChI=1S/C17H14N2O2/c1-11-4-2-5-13(8-11)19-15-6-3-7-16(20)14(15)9-12(10-18)17(19)21/h2,4-5,8-9H,3,6-7H2,1H3. The third-order valence-electron chi connectivity index (χ3n) is 3.80. The monoisotopic (exact) mass is 278 g/mol. The molecule has 1 heterocycles. The first-order chi connectivity index (χ1) is 10.1. The van der Waals surface area contributed by atoms with Gasteiger partial charge in [0.15, 0.2) is 5.78 Å². The van der Waals surface area contributed by atoms with Crippen LogP contribution in [-0.4, -0.2) is 10.4 Å². The van der Waals surface area contributed by atoms with Crippen molar-refractivity contribution in [2.45, 2.75) is 26.2 Å². The fraction of sp³-hybridized carbons (Fsp3) is 0.235. The minimum atomic E-state index is -0.350. The number of ketones is 1. The number of hydrogen-bond acceptors (Lipinski definition) is 3. The van der Waals surface area contributed by atoms with Gasteiger partial charge in [0.1, 0.15) is 11.6 Å². The number of fused-ring (bicyclic) bond motifs is 1. The first-order valence-electron chi connectivity index (χ1n) is 6.91. The van der Waals surface area contributed by atoms with Gasteiger partial charge in [-0.1, -0.05) is 12.1 Å². The van der Waals surface area contributed by atoms with Crippen molar-refractivity contribution in [2.75, 3.05) is 0 Å². The van der Waals surface area contributed by atoms with Crippen LogP contribution in [0.15, 0.2) is 35.1 Å². The average molecular weight is 278 g/mol. The van der Waals surface area contributed by atoms with Crippen molar-refractivity contribution < 1.29 is 4.79 Å². The van der Waals surface area contributed by atoms with E-state index in [1.807, 2.05) is 37.3 Å². The summed E-state index contributed by atoms with van der Waals surface area (Å²) in [5, 5.41) is 9.16. The van der Waals surface area contributed by atoms with Crippen molar-refractivity contribution in [2.24, 2.45) is 0 Å². The molecule has 1 aromatic carbocycles. The van der Waals surface area contributed by atoms with Gasteiger partial charge in [-0.2, -0.15) is 5.26 Å². The van der Waals surface area contributed by atoms with E-state index in [9.17, 15) is 9.59 Å². The van der Waals surface area contributed by atoms with Gasteiger partial charge in [-0.25, -0.2) is 0 Å². The molecule has 0 saturated carbocycles. The van der Waals surface area contributed by atoms with Gasteiger partial charge in [-0.05, 0) is 43.5 Å². The quantitative estimate of drug-likeness (QED) is 0.805. The zero-order valence-electron chi connectivity index (χ0n) is 11.7. The highest BCUT2D eigenvalue weighted by Crippen LogP contribution is 2.23. The molecule has 2 aromatic rings. The van der Waals surface area contributed by atoms with Crippen LogP contribution in [0.4, 0.5) is 0 Å². The Balaban J connectivity index is 2.39. The number of hydrogen-bond donors (Lipinski definition) is 0. The summed E-state index contributed by atoms with van der Waals surface area (Å²) in [6.45, 7) is 1.94. The van der Waals surface area contributed by atoms with Gasteiger partial charge in [-0.3, -0.25) is 14.2 Å². The molecule has 4 nitrogen and oxygen atoms in total. The van der Waals surface area contributed by atoms with Gasteiger partial charge < -0.3 is 0 Å². The van der Waals surface area contributed by atoms with Gasteiger partial charge in [0, 0.05) is 23.4 Å². The Kier molecular flexibility index (Phi) is 3.19. The highest BCUT2D eigenvalue weighted by molar-refractivity contribution is 5.98. The van der Waals surface area contributed by atoms with Crippen LogP contribution in [0.25, 0.3) is 5.69 Å². The van der Waals surface area contributed by atoms with E-state index in [0.29, 0.717) is 24.1 Å². The lowest BCUT2D eigenvalue weighted by molar-refractivity contribution is 0.0971. The molecule has 0 spiro atoms. The maximum absolute atomic E-state index is 12.5. The molecule has 4 heteroatoms. The molecular weight excluding hydrogens is 264 g/mol. The molecular formula is C17H14N2O2. The predicted octanol–water partition coefficient (Wildman–Crippen LogP) is 2.54. The SMILES string of the molecule is Cc1cccc(-n2c3c(cc(C#N)c2=O)C(=O)CCC3)c1. The number of nitriles is 1. The predicted molar refractivity (Wildman–Crippen MR) is 78.8 cm³/mol. The summed E-state index contributed by atoms with van der Waals surface area (Å²) in [4.78, 5) is 24.6. The van der Waals surface area contributed by atoms with E-state index >= 15 is 0 Å². The topological polar surface area (TPSA) is 62.9 Å². The van der Waals surface area contributed by atoms with E-state index in [4.69, 9.17) is 5.26 Å². The Morgan fingerprint density at radius 3 is 2.71 bits per heavy atom. The number of Topliss-reactive ketones (excluding diaryl/α,β-unsaturated/α-hetero) is 1. The van der Waals surface area contributed by atoms with E-state index < -0.39 is 0 Å². The fourth-order valence-electron chi connectivity index (χ4n) is 2.81. The van der Waals surface area contributed by atoms with Crippen molar-refractivity contribution in [3.63, 3.8) is 0 Å². The molecule has 104 valence electrons. The molecule has 1 aliphatic rings. The molecule has 0 radical (unpaired) electrons. The molecule has 21 heavy (non-hydrogen) atoms. The van der Waals surface area contributed by atoms with Crippen LogP contribution >= 0.6 is 0 Å². The lowest BCUT2D eigenvalue weighted by Gasteiger charge is -2.20. The number of benzene rings is 1. The molecule has 0 saturated heterocycles. The van der Waals surface area contributed by atoms with E-state index in [1.165, 1.54) is 10.6 Å². The molecule has 0 bridgehead atoms. The highest BCUT2D eigenvalue weighted by atomic mass is 16.1. The summed E-state index contributed by atoms with van der Waals surface area (Å²) in [6.07, 6.45) is 1.89. The van der Waals surface area contributed by atoms with Crippen molar-refractivity contribution in [3.8, 4) is 11.8 Å². The molecule has 1 aromatic heterocycles. The van der Waals surface area contributed by atoms with Crippen LogP contribution in [0.1, 0.15) is 40.0 Å². The molecule has 0 N–H and O–H groups in total. The Bertz CT molecular complexity index is 841. The highest BCUT2D eigenvalue weighted by Gasteiger charge is 2.23. The summed E-state index contributed by atoms with van der Waals surface area (Å²) in [7, 11) is 0. The first kappa shape index (κ1) is 13.3. The van der Waals surface area contributed by atoms with Crippen molar-refractivity contribution in [1.29, 1.82) is 5.26 Å². The Hall–Kier alpha value is -2.67. The maximum Gasteiger partial charge on any atom is 0.273 e. The second-order valence-corrected chi connectivity index (χ2v) is 5.29. The number of nitrogens with zero attached hydrogens (tertiary/aromatic N) is 2. The maximum atomic E-state index is 12.5. The summed E-state index contributed by atoms with van der Waals surface area (Å²) >= 11 is 0. The van der Waals surface area contributed by atoms with Gasteiger partial charge in [0.05, 0.1) is 0 Å². The lowest BCUT2D eigenvalue weighted by Crippen LogP contribution is -2.29. The number of aryl methyl sites for hydroxylation is 1. The van der Waals surface area contributed by atoms with Crippen molar-refractivity contribution >= 4 is 5.78 Å². The first-order valence-corrected chi connectivity index (χ1v) is 6.91. The van der Waals surface area contributed by atoms with Crippen molar-refractivity contribution in [3.05, 3.63) is 63.1 Å². The number of rotatable bonds is 1. The third kappa shape index (κ3) is 2.17. The second-order valence-electron chi connectivity index (χ2n) is 5.29. The van der Waals surface area contributed by atoms with Crippen molar-refractivity contribution in [1.82, 2.24) is 4.57 Å². The second kappa shape index (κ2) is 5.02. The molecule has 0 atom stereocenters. The number of pyridine rings is 1. The fourth-order valence-corrected chi connectivity index (χ4v) is 2.81. The lowest BCUT2D eigenvalue weighted by atomic mass is 9.93. The summed E-state index contributed by atoms with van der Waals surface area (Å²) in [6, 6.07) is 10.9. The normalized spacial score (nSPS) is 13.6. The van der Waals surface area contributed by atoms with Crippen LogP contribution in [-0.2, 0) is 6.42 Å². The Morgan fingerprint density at radius 1 is 1.19 bits per heavy atom. The van der Waals surface area contributed by atoms with Crippen LogP contribution in [0.2, 0.25) is 0 Å². The molecule has 0 aliphatic heterocycles. The van der Waals surface area contributed by atoms with Crippen LogP contribution < -0.4 is 5.56 Å².